The summed E-state index contributed by atoms with van der Waals surface area (Å²) in [5.41, 5.74) is 3.32. The Morgan fingerprint density at radius 1 is 0.923 bits per heavy atom. The molecule has 1 saturated heterocycles. The van der Waals surface area contributed by atoms with Crippen LogP contribution >= 0.6 is 11.6 Å². The first-order chi connectivity index (χ1) is 18.7. The van der Waals surface area contributed by atoms with Gasteiger partial charge in [0.15, 0.2) is 0 Å². The molecule has 1 aliphatic rings. The fraction of sp³-hybridized carbons (Fsp3) is 0.323. The van der Waals surface area contributed by atoms with E-state index in [9.17, 15) is 14.4 Å². The summed E-state index contributed by atoms with van der Waals surface area (Å²) in [6.07, 6.45) is 0.538. The van der Waals surface area contributed by atoms with E-state index in [1.165, 1.54) is 0 Å². The smallest absolute Gasteiger partial charge is 0.256 e. The Balaban J connectivity index is 1.57. The van der Waals surface area contributed by atoms with E-state index in [1.54, 1.807) is 42.3 Å². The van der Waals surface area contributed by atoms with Gasteiger partial charge in [0.2, 0.25) is 5.91 Å². The highest BCUT2D eigenvalue weighted by atomic mass is 35.5. The van der Waals surface area contributed by atoms with Crippen molar-refractivity contribution in [2.24, 2.45) is 5.92 Å². The van der Waals surface area contributed by atoms with E-state index in [-0.39, 0.29) is 17.7 Å². The molecule has 0 atom stereocenters. The van der Waals surface area contributed by atoms with Gasteiger partial charge in [-0.15, -0.1) is 0 Å². The number of nitrogens with one attached hydrogen (secondary N) is 1. The van der Waals surface area contributed by atoms with Crippen LogP contribution in [0.5, 0.6) is 0 Å². The zero-order valence-electron chi connectivity index (χ0n) is 22.7. The standard InChI is InChI=1S/C31H35ClN4O3/c1-22(2)19-29(37)36-17-15-35(16-18-36)28-14-13-26(33-30(38)24-9-11-25(32)12-10-24)20-27(28)31(39)34(3)21-23-7-5-4-6-8-23/h4-14,20,22H,15-19,21H2,1-3H3,(H,33,38). The van der Waals surface area contributed by atoms with Crippen molar-refractivity contribution in [2.75, 3.05) is 43.4 Å². The van der Waals surface area contributed by atoms with Gasteiger partial charge in [-0.25, -0.2) is 0 Å². The van der Waals surface area contributed by atoms with Crippen LogP contribution in [-0.2, 0) is 11.3 Å². The second-order valence-corrected chi connectivity index (χ2v) is 10.7. The fourth-order valence-corrected chi connectivity index (χ4v) is 4.80. The molecular formula is C31H35ClN4O3. The maximum Gasteiger partial charge on any atom is 0.256 e. The van der Waals surface area contributed by atoms with Gasteiger partial charge in [0.25, 0.3) is 11.8 Å². The van der Waals surface area contributed by atoms with Crippen molar-refractivity contribution in [1.82, 2.24) is 9.80 Å². The molecule has 0 radical (unpaired) electrons. The van der Waals surface area contributed by atoms with E-state index in [0.29, 0.717) is 66.9 Å². The Morgan fingerprint density at radius 3 is 2.23 bits per heavy atom. The van der Waals surface area contributed by atoms with Crippen molar-refractivity contribution in [3.63, 3.8) is 0 Å². The van der Waals surface area contributed by atoms with Crippen LogP contribution in [0.15, 0.2) is 72.8 Å². The van der Waals surface area contributed by atoms with Crippen molar-refractivity contribution >= 4 is 40.7 Å². The number of carbonyl (C=O) groups is 3. The van der Waals surface area contributed by atoms with Crippen LogP contribution in [-0.4, -0.2) is 60.7 Å². The first-order valence-electron chi connectivity index (χ1n) is 13.2. The lowest BCUT2D eigenvalue weighted by molar-refractivity contribution is -0.132. The highest BCUT2D eigenvalue weighted by Crippen LogP contribution is 2.28. The number of amides is 3. The molecule has 1 N–H and O–H groups in total. The number of hydrogen-bond acceptors (Lipinski definition) is 4. The van der Waals surface area contributed by atoms with Gasteiger partial charge in [-0.1, -0.05) is 55.8 Å². The number of hydrogen-bond donors (Lipinski definition) is 1. The van der Waals surface area contributed by atoms with Crippen molar-refractivity contribution < 1.29 is 14.4 Å². The summed E-state index contributed by atoms with van der Waals surface area (Å²) in [5.74, 6) is 0.0573. The Labute approximate surface area is 235 Å². The molecule has 204 valence electrons. The summed E-state index contributed by atoms with van der Waals surface area (Å²) in [7, 11) is 1.78. The number of rotatable bonds is 8. The van der Waals surface area contributed by atoms with E-state index < -0.39 is 0 Å². The van der Waals surface area contributed by atoms with Crippen LogP contribution in [0.3, 0.4) is 0 Å². The lowest BCUT2D eigenvalue weighted by Gasteiger charge is -2.37. The topological polar surface area (TPSA) is 73.0 Å². The minimum Gasteiger partial charge on any atom is -0.367 e. The minimum atomic E-state index is -0.285. The Morgan fingerprint density at radius 2 is 1.59 bits per heavy atom. The number of anilines is 2. The Kier molecular flexibility index (Phi) is 9.25. The van der Waals surface area contributed by atoms with Crippen LogP contribution in [0.2, 0.25) is 5.02 Å². The zero-order chi connectivity index (χ0) is 27.9. The first kappa shape index (κ1) is 28.2. The maximum absolute atomic E-state index is 13.8. The number of benzene rings is 3. The second kappa shape index (κ2) is 12.8. The largest absolute Gasteiger partial charge is 0.367 e. The molecule has 0 aromatic heterocycles. The van der Waals surface area contributed by atoms with Gasteiger partial charge in [-0.05, 0) is 53.9 Å². The number of halogens is 1. The molecule has 0 aliphatic carbocycles. The summed E-state index contributed by atoms with van der Waals surface area (Å²) < 4.78 is 0. The third-order valence-corrected chi connectivity index (χ3v) is 7.01. The molecule has 1 aliphatic heterocycles. The monoisotopic (exact) mass is 546 g/mol. The molecule has 3 aromatic carbocycles. The van der Waals surface area contributed by atoms with E-state index >= 15 is 0 Å². The molecule has 39 heavy (non-hydrogen) atoms. The summed E-state index contributed by atoms with van der Waals surface area (Å²) in [4.78, 5) is 44.9. The number of piperazine rings is 1. The normalized spacial score (nSPS) is 13.4. The van der Waals surface area contributed by atoms with Crippen molar-refractivity contribution in [2.45, 2.75) is 26.8 Å². The molecule has 0 bridgehead atoms. The van der Waals surface area contributed by atoms with Crippen molar-refractivity contribution in [1.29, 1.82) is 0 Å². The quantitative estimate of drug-likeness (QED) is 0.401. The highest BCUT2D eigenvalue weighted by molar-refractivity contribution is 6.30. The predicted octanol–water partition coefficient (Wildman–Crippen LogP) is 5.56. The third kappa shape index (κ3) is 7.39. The molecule has 8 heteroatoms. The Bertz CT molecular complexity index is 1300. The van der Waals surface area contributed by atoms with E-state index in [1.807, 2.05) is 61.2 Å². The van der Waals surface area contributed by atoms with E-state index in [4.69, 9.17) is 11.6 Å². The maximum atomic E-state index is 13.8. The van der Waals surface area contributed by atoms with Crippen LogP contribution in [0, 0.1) is 5.92 Å². The van der Waals surface area contributed by atoms with Crippen LogP contribution in [0.4, 0.5) is 11.4 Å². The summed E-state index contributed by atoms with van der Waals surface area (Å²) >= 11 is 5.96. The van der Waals surface area contributed by atoms with Gasteiger partial charge in [-0.3, -0.25) is 14.4 Å². The molecular weight excluding hydrogens is 512 g/mol. The third-order valence-electron chi connectivity index (χ3n) is 6.76. The molecule has 1 fully saturated rings. The average molecular weight is 547 g/mol. The van der Waals surface area contributed by atoms with Crippen LogP contribution in [0.1, 0.15) is 46.5 Å². The van der Waals surface area contributed by atoms with E-state index in [0.717, 1.165) is 11.3 Å². The highest BCUT2D eigenvalue weighted by Gasteiger charge is 2.26. The zero-order valence-corrected chi connectivity index (χ0v) is 23.4. The number of carbonyl (C=O) groups excluding carboxylic acids is 3. The molecule has 3 amide bonds. The molecule has 4 rings (SSSR count). The number of nitrogens with zero attached hydrogens (tertiary/aromatic N) is 3. The van der Waals surface area contributed by atoms with Gasteiger partial charge < -0.3 is 20.0 Å². The summed E-state index contributed by atoms with van der Waals surface area (Å²) in [6.45, 7) is 7.02. The van der Waals surface area contributed by atoms with Gasteiger partial charge in [0.1, 0.15) is 0 Å². The van der Waals surface area contributed by atoms with Crippen molar-refractivity contribution in [3.05, 3.63) is 94.5 Å². The van der Waals surface area contributed by atoms with E-state index in [2.05, 4.69) is 10.2 Å². The van der Waals surface area contributed by atoms with Gasteiger partial charge >= 0.3 is 0 Å². The first-order valence-corrected chi connectivity index (χ1v) is 13.6. The molecule has 3 aromatic rings. The summed E-state index contributed by atoms with van der Waals surface area (Å²) in [5, 5.41) is 3.46. The van der Waals surface area contributed by atoms with Crippen LogP contribution in [0.25, 0.3) is 0 Å². The second-order valence-electron chi connectivity index (χ2n) is 10.3. The lowest BCUT2D eigenvalue weighted by Crippen LogP contribution is -2.49. The molecule has 1 heterocycles. The van der Waals surface area contributed by atoms with Crippen LogP contribution < -0.4 is 10.2 Å². The molecule has 0 saturated carbocycles. The average Bonchev–Trinajstić information content (AvgIpc) is 2.93. The minimum absolute atomic E-state index is 0.144. The lowest BCUT2D eigenvalue weighted by atomic mass is 10.1. The Hall–Kier alpha value is -3.84. The molecule has 7 nitrogen and oxygen atoms in total. The predicted molar refractivity (Wildman–Crippen MR) is 156 cm³/mol. The van der Waals surface area contributed by atoms with Gasteiger partial charge in [0.05, 0.1) is 5.56 Å². The van der Waals surface area contributed by atoms with Gasteiger partial charge in [-0.2, -0.15) is 0 Å². The fourth-order valence-electron chi connectivity index (χ4n) is 4.68. The summed E-state index contributed by atoms with van der Waals surface area (Å²) in [6, 6.07) is 21.9. The molecule has 0 unspecified atom stereocenters. The molecule has 0 spiro atoms. The SMILES string of the molecule is CC(C)CC(=O)N1CCN(c2ccc(NC(=O)c3ccc(Cl)cc3)cc2C(=O)N(C)Cc2ccccc2)CC1. The van der Waals surface area contributed by atoms with Crippen molar-refractivity contribution in [3.8, 4) is 0 Å². The van der Waals surface area contributed by atoms with Gasteiger partial charge in [0, 0.05) is 68.2 Å².